The SMILES string of the molecule is N#Cc1ccc(-n2c3ccccc3c3cc(-n4c5ccccc5c5ccccc54)ccc32)cc1-c1cc(-c2cc(C(F)(F)F)cc(C(F)(F)F)c2)ccc1-n1c2ccccc2c2cc(-n3c4ccccc4c4ccccc43)ccc21. The minimum absolute atomic E-state index is 0.0958. The first-order chi connectivity index (χ1) is 38.9. The number of aromatic nitrogens is 4. The highest BCUT2D eigenvalue weighted by Crippen LogP contribution is 2.45. The molecule has 0 saturated carbocycles. The summed E-state index contributed by atoms with van der Waals surface area (Å²) in [5, 5.41) is 19.3. The lowest BCUT2D eigenvalue weighted by Gasteiger charge is -2.19. The standard InChI is InChI=1S/C69H39F6N5/c70-68(71,72)44-33-43(34-45(36-44)69(73,74)75)41-26-30-66(80-64-24-12-6-18-54(64)58-39-48(29-32-67(58)80)78-61-21-9-3-15-51(61)52-16-4-10-22-62(52)78)56(35-41)55-37-46(27-25-42(55)40-76)79-63-23-11-5-17-53(63)57-38-47(28-31-65(57)79)77-59-19-7-1-13-49(59)50-14-2-8-20-60(50)77/h1-39H. The Hall–Kier alpha value is -10.3. The molecule has 0 aliphatic rings. The summed E-state index contributed by atoms with van der Waals surface area (Å²) < 4.78 is 95.8. The topological polar surface area (TPSA) is 43.5 Å². The molecule has 15 aromatic rings. The predicted octanol–water partition coefficient (Wildman–Crippen LogP) is 19.3. The number of fused-ring (bicyclic) bond motifs is 12. The van der Waals surface area contributed by atoms with Gasteiger partial charge in [0, 0.05) is 71.3 Å². The molecule has 0 spiro atoms. The van der Waals surface area contributed by atoms with Crippen molar-refractivity contribution in [3.63, 3.8) is 0 Å². The van der Waals surface area contributed by atoms with E-state index in [1.807, 2.05) is 109 Å². The van der Waals surface area contributed by atoms with Crippen LogP contribution in [-0.4, -0.2) is 18.3 Å². The molecule has 0 bridgehead atoms. The zero-order chi connectivity index (χ0) is 54.2. The third kappa shape index (κ3) is 7.12. The molecule has 80 heavy (non-hydrogen) atoms. The van der Waals surface area contributed by atoms with Gasteiger partial charge >= 0.3 is 12.4 Å². The summed E-state index contributed by atoms with van der Waals surface area (Å²) >= 11 is 0. The van der Waals surface area contributed by atoms with Crippen LogP contribution in [0.5, 0.6) is 0 Å². The molecule has 0 N–H and O–H groups in total. The molecule has 5 nitrogen and oxygen atoms in total. The van der Waals surface area contributed by atoms with Crippen LogP contribution in [0.1, 0.15) is 16.7 Å². The molecule has 4 heterocycles. The molecule has 11 aromatic carbocycles. The maximum Gasteiger partial charge on any atom is 0.416 e. The zero-order valence-corrected chi connectivity index (χ0v) is 42.0. The Balaban J connectivity index is 0.978. The maximum absolute atomic E-state index is 14.5. The fraction of sp³-hybridized carbons (Fsp3) is 0.0290. The zero-order valence-electron chi connectivity index (χ0n) is 42.0. The van der Waals surface area contributed by atoms with Crippen molar-refractivity contribution in [1.82, 2.24) is 18.3 Å². The van der Waals surface area contributed by atoms with Gasteiger partial charge in [-0.3, -0.25) is 0 Å². The van der Waals surface area contributed by atoms with Crippen LogP contribution in [-0.2, 0) is 12.4 Å². The number of nitrogens with zero attached hydrogens (tertiary/aromatic N) is 5. The van der Waals surface area contributed by atoms with Gasteiger partial charge in [0.1, 0.15) is 0 Å². The fourth-order valence-corrected chi connectivity index (χ4v) is 12.4. The van der Waals surface area contributed by atoms with Crippen molar-refractivity contribution < 1.29 is 26.3 Å². The molecule has 4 aromatic heterocycles. The number of hydrogen-bond acceptors (Lipinski definition) is 1. The van der Waals surface area contributed by atoms with Crippen molar-refractivity contribution in [2.24, 2.45) is 0 Å². The number of nitriles is 1. The van der Waals surface area contributed by atoms with Crippen molar-refractivity contribution >= 4 is 87.2 Å². The number of hydrogen-bond donors (Lipinski definition) is 0. The average molecular weight is 1050 g/mol. The van der Waals surface area contributed by atoms with Crippen LogP contribution in [0.15, 0.2) is 237 Å². The molecule has 0 fully saturated rings. The van der Waals surface area contributed by atoms with E-state index in [-0.39, 0.29) is 22.8 Å². The monoisotopic (exact) mass is 1050 g/mol. The predicted molar refractivity (Wildman–Crippen MR) is 309 cm³/mol. The van der Waals surface area contributed by atoms with Crippen molar-refractivity contribution in [2.45, 2.75) is 12.4 Å². The largest absolute Gasteiger partial charge is 0.416 e. The van der Waals surface area contributed by atoms with E-state index >= 15 is 0 Å². The second-order valence-corrected chi connectivity index (χ2v) is 20.2. The Morgan fingerprint density at radius 2 is 0.637 bits per heavy atom. The average Bonchev–Trinajstić information content (AvgIpc) is 4.30. The highest BCUT2D eigenvalue weighted by Gasteiger charge is 2.37. The molecule has 0 unspecified atom stereocenters. The Bertz CT molecular complexity index is 5000. The van der Waals surface area contributed by atoms with Crippen LogP contribution >= 0.6 is 0 Å². The summed E-state index contributed by atoms with van der Waals surface area (Å²) in [6.45, 7) is 0. The summed E-state index contributed by atoms with van der Waals surface area (Å²) in [6.07, 6.45) is -10.1. The normalized spacial score (nSPS) is 12.4. The Kier molecular flexibility index (Phi) is 10.2. The molecule has 0 radical (unpaired) electrons. The third-order valence-electron chi connectivity index (χ3n) is 15.8. The van der Waals surface area contributed by atoms with Crippen LogP contribution in [0.2, 0.25) is 0 Å². The lowest BCUT2D eigenvalue weighted by atomic mass is 9.92. The lowest BCUT2D eigenvalue weighted by Crippen LogP contribution is -2.11. The molecule has 0 amide bonds. The van der Waals surface area contributed by atoms with E-state index in [1.54, 1.807) is 24.3 Å². The van der Waals surface area contributed by atoms with E-state index in [4.69, 9.17) is 0 Å². The molecule has 11 heteroatoms. The van der Waals surface area contributed by atoms with E-state index < -0.39 is 23.5 Å². The maximum atomic E-state index is 14.5. The van der Waals surface area contributed by atoms with Crippen molar-refractivity contribution in [2.75, 3.05) is 0 Å². The Morgan fingerprint density at radius 1 is 0.287 bits per heavy atom. The summed E-state index contributed by atoms with van der Waals surface area (Å²) in [6, 6.07) is 76.3. The van der Waals surface area contributed by atoms with Crippen LogP contribution in [0.25, 0.3) is 132 Å². The second-order valence-electron chi connectivity index (χ2n) is 20.2. The van der Waals surface area contributed by atoms with Crippen LogP contribution in [0, 0.1) is 11.3 Å². The van der Waals surface area contributed by atoms with Crippen LogP contribution < -0.4 is 0 Å². The van der Waals surface area contributed by atoms with E-state index in [1.165, 1.54) is 0 Å². The van der Waals surface area contributed by atoms with Gasteiger partial charge in [0.15, 0.2) is 0 Å². The molecule has 0 aliphatic heterocycles. The first kappa shape index (κ1) is 46.9. The van der Waals surface area contributed by atoms with Gasteiger partial charge in [-0.1, -0.05) is 115 Å². The summed E-state index contributed by atoms with van der Waals surface area (Å²) in [4.78, 5) is 0. The Morgan fingerprint density at radius 3 is 1.05 bits per heavy atom. The molecule has 0 aliphatic carbocycles. The molecule has 382 valence electrons. The minimum atomic E-state index is -5.07. The molecular weight excluding hydrogens is 1010 g/mol. The van der Waals surface area contributed by atoms with Gasteiger partial charge in [-0.25, -0.2) is 0 Å². The first-order valence-electron chi connectivity index (χ1n) is 25.9. The minimum Gasteiger partial charge on any atom is -0.309 e. The smallest absolute Gasteiger partial charge is 0.309 e. The van der Waals surface area contributed by atoms with E-state index in [0.29, 0.717) is 22.5 Å². The van der Waals surface area contributed by atoms with E-state index in [0.717, 1.165) is 111 Å². The van der Waals surface area contributed by atoms with Crippen molar-refractivity contribution in [3.05, 3.63) is 253 Å². The highest BCUT2D eigenvalue weighted by atomic mass is 19.4. The molecular formula is C69H39F6N5. The van der Waals surface area contributed by atoms with Crippen molar-refractivity contribution in [1.29, 1.82) is 5.26 Å². The number of rotatable bonds is 6. The second kappa shape index (κ2) is 17.3. The molecule has 0 atom stereocenters. The third-order valence-corrected chi connectivity index (χ3v) is 15.8. The van der Waals surface area contributed by atoms with Gasteiger partial charge in [0.25, 0.3) is 0 Å². The Labute approximate surface area is 451 Å². The van der Waals surface area contributed by atoms with Crippen molar-refractivity contribution in [3.8, 4) is 51.1 Å². The summed E-state index contributed by atoms with van der Waals surface area (Å²) in [5.41, 5.74) is 8.73. The van der Waals surface area contributed by atoms with Gasteiger partial charge in [-0.15, -0.1) is 0 Å². The number of halogens is 6. The number of benzene rings is 11. The number of para-hydroxylation sites is 6. The van der Waals surface area contributed by atoms with Gasteiger partial charge in [0.2, 0.25) is 0 Å². The van der Waals surface area contributed by atoms with Gasteiger partial charge in [0.05, 0.1) is 72.6 Å². The first-order valence-corrected chi connectivity index (χ1v) is 25.9. The summed E-state index contributed by atoms with van der Waals surface area (Å²) in [7, 11) is 0. The molecule has 15 rings (SSSR count). The van der Waals surface area contributed by atoms with E-state index in [9.17, 15) is 31.6 Å². The highest BCUT2D eigenvalue weighted by molar-refractivity contribution is 6.14. The summed E-state index contributed by atoms with van der Waals surface area (Å²) in [5.74, 6) is 0. The van der Waals surface area contributed by atoms with E-state index in [2.05, 4.69) is 109 Å². The van der Waals surface area contributed by atoms with Crippen LogP contribution in [0.4, 0.5) is 26.3 Å². The quantitative estimate of drug-likeness (QED) is 0.153. The van der Waals surface area contributed by atoms with Gasteiger partial charge < -0.3 is 18.3 Å². The lowest BCUT2D eigenvalue weighted by molar-refractivity contribution is -0.143. The number of alkyl halides is 6. The van der Waals surface area contributed by atoms with Crippen LogP contribution in [0.3, 0.4) is 0 Å². The fourth-order valence-electron chi connectivity index (χ4n) is 12.4. The van der Waals surface area contributed by atoms with Gasteiger partial charge in [-0.05, 0) is 132 Å². The molecule has 0 saturated heterocycles. The van der Waals surface area contributed by atoms with Gasteiger partial charge in [-0.2, -0.15) is 31.6 Å².